The molecule has 0 bridgehead atoms. The summed E-state index contributed by atoms with van der Waals surface area (Å²) in [7, 11) is 0. The SMILES string of the molecule is CCCCCOc1ccccc1NC(=O)CN(CC)CC.Cl. The number of unbranched alkanes of at least 4 members (excludes halogenated alkanes) is 2. The van der Waals surface area contributed by atoms with Gasteiger partial charge in [0.25, 0.3) is 0 Å². The lowest BCUT2D eigenvalue weighted by molar-refractivity contribution is -0.117. The topological polar surface area (TPSA) is 41.6 Å². The fourth-order valence-corrected chi connectivity index (χ4v) is 2.07. The average Bonchev–Trinajstić information content (AvgIpc) is 2.50. The van der Waals surface area contributed by atoms with Gasteiger partial charge in [-0.05, 0) is 31.6 Å². The molecule has 0 unspecified atom stereocenters. The Morgan fingerprint density at radius 3 is 2.45 bits per heavy atom. The molecule has 0 atom stereocenters. The van der Waals surface area contributed by atoms with Gasteiger partial charge in [-0.3, -0.25) is 9.69 Å². The Kier molecular flexibility index (Phi) is 11.6. The number of hydrogen-bond acceptors (Lipinski definition) is 3. The molecule has 1 aromatic carbocycles. The van der Waals surface area contributed by atoms with Crippen molar-refractivity contribution < 1.29 is 9.53 Å². The molecule has 126 valence electrons. The molecule has 0 fully saturated rings. The summed E-state index contributed by atoms with van der Waals surface area (Å²) in [5, 5.41) is 2.94. The van der Waals surface area contributed by atoms with Gasteiger partial charge >= 0.3 is 0 Å². The second-order valence-electron chi connectivity index (χ2n) is 5.06. The van der Waals surface area contributed by atoms with E-state index >= 15 is 0 Å². The second kappa shape index (κ2) is 12.3. The summed E-state index contributed by atoms with van der Waals surface area (Å²) in [6.45, 7) is 9.14. The summed E-state index contributed by atoms with van der Waals surface area (Å²) in [6, 6.07) is 7.62. The van der Waals surface area contributed by atoms with Crippen LogP contribution in [0.1, 0.15) is 40.0 Å². The Morgan fingerprint density at radius 2 is 1.82 bits per heavy atom. The van der Waals surface area contributed by atoms with Crippen LogP contribution in [-0.2, 0) is 4.79 Å². The lowest BCUT2D eigenvalue weighted by Crippen LogP contribution is -2.33. The monoisotopic (exact) mass is 328 g/mol. The van der Waals surface area contributed by atoms with E-state index in [0.29, 0.717) is 13.2 Å². The van der Waals surface area contributed by atoms with Crippen LogP contribution in [0.5, 0.6) is 5.75 Å². The first-order chi connectivity index (χ1) is 10.2. The standard InChI is InChI=1S/C17H28N2O2.ClH/c1-4-7-10-13-21-16-12-9-8-11-15(16)18-17(20)14-19(5-2)6-3;/h8-9,11-12H,4-7,10,13-14H2,1-3H3,(H,18,20);1H. The predicted molar refractivity (Wildman–Crippen MR) is 95.1 cm³/mol. The number of rotatable bonds is 10. The number of nitrogens with zero attached hydrogens (tertiary/aromatic N) is 1. The van der Waals surface area contributed by atoms with Gasteiger partial charge in [0.15, 0.2) is 0 Å². The number of likely N-dealkylation sites (N-methyl/N-ethyl adjacent to an activating group) is 1. The maximum Gasteiger partial charge on any atom is 0.238 e. The largest absolute Gasteiger partial charge is 0.491 e. The molecule has 1 amide bonds. The molecule has 0 spiro atoms. The molecule has 5 heteroatoms. The maximum absolute atomic E-state index is 12.1. The molecular formula is C17H29ClN2O2. The van der Waals surface area contributed by atoms with Gasteiger partial charge in [0.2, 0.25) is 5.91 Å². The van der Waals surface area contributed by atoms with Crippen molar-refractivity contribution in [2.24, 2.45) is 0 Å². The summed E-state index contributed by atoms with van der Waals surface area (Å²) in [4.78, 5) is 14.1. The molecule has 1 rings (SSSR count). The first-order valence-electron chi connectivity index (χ1n) is 7.95. The molecule has 1 N–H and O–H groups in total. The van der Waals surface area contributed by atoms with Gasteiger partial charge in [-0.1, -0.05) is 45.7 Å². The van der Waals surface area contributed by atoms with Gasteiger partial charge in [-0.25, -0.2) is 0 Å². The number of halogens is 1. The Bertz CT molecular complexity index is 423. The van der Waals surface area contributed by atoms with Gasteiger partial charge in [0.1, 0.15) is 5.75 Å². The van der Waals surface area contributed by atoms with E-state index in [4.69, 9.17) is 4.74 Å². The van der Waals surface area contributed by atoms with Crippen LogP contribution in [0.25, 0.3) is 0 Å². The molecule has 22 heavy (non-hydrogen) atoms. The molecule has 0 heterocycles. The van der Waals surface area contributed by atoms with E-state index < -0.39 is 0 Å². The molecule has 0 aliphatic carbocycles. The highest BCUT2D eigenvalue weighted by atomic mass is 35.5. The third kappa shape index (κ3) is 7.66. The van der Waals surface area contributed by atoms with Gasteiger partial charge < -0.3 is 10.1 Å². The van der Waals surface area contributed by atoms with Crippen LogP contribution in [0.3, 0.4) is 0 Å². The molecular weight excluding hydrogens is 300 g/mol. The minimum Gasteiger partial charge on any atom is -0.491 e. The summed E-state index contributed by atoms with van der Waals surface area (Å²) >= 11 is 0. The van der Waals surface area contributed by atoms with Crippen LogP contribution in [0.4, 0.5) is 5.69 Å². The number of hydrogen-bond donors (Lipinski definition) is 1. The van der Waals surface area contributed by atoms with Crippen molar-refractivity contribution in [1.82, 2.24) is 4.90 Å². The highest BCUT2D eigenvalue weighted by molar-refractivity contribution is 5.93. The smallest absolute Gasteiger partial charge is 0.238 e. The molecule has 1 aromatic rings. The van der Waals surface area contributed by atoms with Crippen LogP contribution in [0.15, 0.2) is 24.3 Å². The highest BCUT2D eigenvalue weighted by Crippen LogP contribution is 2.24. The van der Waals surface area contributed by atoms with Crippen LogP contribution < -0.4 is 10.1 Å². The Morgan fingerprint density at radius 1 is 1.14 bits per heavy atom. The van der Waals surface area contributed by atoms with Gasteiger partial charge in [0, 0.05) is 0 Å². The molecule has 0 radical (unpaired) electrons. The number of benzene rings is 1. The number of anilines is 1. The predicted octanol–water partition coefficient (Wildman–Crippen LogP) is 3.96. The van der Waals surface area contributed by atoms with Crippen molar-refractivity contribution in [2.75, 3.05) is 31.6 Å². The zero-order valence-electron chi connectivity index (χ0n) is 13.9. The third-order valence-corrected chi connectivity index (χ3v) is 3.43. The van der Waals surface area contributed by atoms with Crippen molar-refractivity contribution in [3.05, 3.63) is 24.3 Å². The van der Waals surface area contributed by atoms with Gasteiger partial charge in [-0.2, -0.15) is 0 Å². The van der Waals surface area contributed by atoms with E-state index in [1.165, 1.54) is 6.42 Å². The number of carbonyl (C=O) groups excluding carboxylic acids is 1. The molecule has 0 saturated carbocycles. The molecule has 0 aliphatic rings. The maximum atomic E-state index is 12.1. The van der Waals surface area contributed by atoms with E-state index in [-0.39, 0.29) is 18.3 Å². The number of nitrogens with one attached hydrogen (secondary N) is 1. The van der Waals surface area contributed by atoms with Crippen LogP contribution >= 0.6 is 12.4 Å². The summed E-state index contributed by atoms with van der Waals surface area (Å²) < 4.78 is 5.77. The first kappa shape index (κ1) is 20.7. The fraction of sp³-hybridized carbons (Fsp3) is 0.588. The number of ether oxygens (including phenoxy) is 1. The highest BCUT2D eigenvalue weighted by Gasteiger charge is 2.10. The first-order valence-corrected chi connectivity index (χ1v) is 7.95. The minimum atomic E-state index is 0. The fourth-order valence-electron chi connectivity index (χ4n) is 2.07. The number of carbonyl (C=O) groups is 1. The molecule has 4 nitrogen and oxygen atoms in total. The van der Waals surface area contributed by atoms with Crippen molar-refractivity contribution in [2.45, 2.75) is 40.0 Å². The van der Waals surface area contributed by atoms with Crippen LogP contribution in [-0.4, -0.2) is 37.0 Å². The Labute approximate surface area is 140 Å². The van der Waals surface area contributed by atoms with Crippen molar-refractivity contribution in [3.63, 3.8) is 0 Å². The molecule has 0 aromatic heterocycles. The summed E-state index contributed by atoms with van der Waals surface area (Å²) in [5.41, 5.74) is 0.756. The van der Waals surface area contributed by atoms with E-state index in [1.54, 1.807) is 0 Å². The normalized spacial score (nSPS) is 10.2. The van der Waals surface area contributed by atoms with E-state index in [1.807, 2.05) is 24.3 Å². The lowest BCUT2D eigenvalue weighted by atomic mass is 10.2. The van der Waals surface area contributed by atoms with Gasteiger partial charge in [-0.15, -0.1) is 12.4 Å². The molecule has 0 saturated heterocycles. The van der Waals surface area contributed by atoms with Gasteiger partial charge in [0.05, 0.1) is 18.8 Å². The Hall–Kier alpha value is -1.26. The zero-order valence-corrected chi connectivity index (χ0v) is 14.7. The average molecular weight is 329 g/mol. The van der Waals surface area contributed by atoms with Crippen molar-refractivity contribution >= 4 is 24.0 Å². The van der Waals surface area contributed by atoms with Crippen molar-refractivity contribution in [3.8, 4) is 5.75 Å². The van der Waals surface area contributed by atoms with Crippen molar-refractivity contribution in [1.29, 1.82) is 0 Å². The quantitative estimate of drug-likeness (QED) is 0.661. The molecule has 0 aliphatic heterocycles. The lowest BCUT2D eigenvalue weighted by Gasteiger charge is -2.18. The number of amides is 1. The second-order valence-corrected chi connectivity index (χ2v) is 5.06. The van der Waals surface area contributed by atoms with Crippen LogP contribution in [0.2, 0.25) is 0 Å². The zero-order chi connectivity index (χ0) is 15.5. The van der Waals surface area contributed by atoms with E-state index in [2.05, 4.69) is 31.0 Å². The third-order valence-electron chi connectivity index (χ3n) is 3.43. The van der Waals surface area contributed by atoms with Crippen LogP contribution in [0, 0.1) is 0 Å². The van der Waals surface area contributed by atoms with E-state index in [0.717, 1.165) is 37.4 Å². The Balaban J connectivity index is 0.00000441. The number of para-hydroxylation sites is 2. The minimum absolute atomic E-state index is 0. The summed E-state index contributed by atoms with van der Waals surface area (Å²) in [5.74, 6) is 0.754. The summed E-state index contributed by atoms with van der Waals surface area (Å²) in [6.07, 6.45) is 3.38. The van der Waals surface area contributed by atoms with E-state index in [9.17, 15) is 4.79 Å².